The number of hydrogen-bond donors (Lipinski definition) is 4. The lowest BCUT2D eigenvalue weighted by Crippen LogP contribution is -2.43. The zero-order chi connectivity index (χ0) is 25.8. The van der Waals surface area contributed by atoms with Crippen LogP contribution in [0.15, 0.2) is 64.6 Å². The molecule has 0 saturated heterocycles. The van der Waals surface area contributed by atoms with Crippen molar-refractivity contribution < 1.29 is 27.8 Å². The van der Waals surface area contributed by atoms with Crippen LogP contribution in [0.2, 0.25) is 0 Å². The van der Waals surface area contributed by atoms with Crippen molar-refractivity contribution in [1.29, 1.82) is 0 Å². The fourth-order valence-corrected chi connectivity index (χ4v) is 6.14. The van der Waals surface area contributed by atoms with Gasteiger partial charge in [0.25, 0.3) is 5.91 Å². The Labute approximate surface area is 203 Å². The molecule has 0 bridgehead atoms. The molecule has 4 rings (SSSR count). The van der Waals surface area contributed by atoms with Crippen LogP contribution >= 0.6 is 7.52 Å². The summed E-state index contributed by atoms with van der Waals surface area (Å²) in [5, 5.41) is 14.0. The number of nitrogens with zero attached hydrogens (tertiary/aromatic N) is 2. The molecule has 1 amide bonds. The number of sulfonamides is 1. The Balaban J connectivity index is 1.75. The van der Waals surface area contributed by atoms with Gasteiger partial charge in [-0.1, -0.05) is 51.1 Å². The first-order chi connectivity index (χ1) is 16.2. The van der Waals surface area contributed by atoms with Crippen molar-refractivity contribution in [2.75, 3.05) is 16.3 Å². The number of amides is 1. The Morgan fingerprint density at radius 2 is 1.83 bits per heavy atom. The molecule has 0 spiro atoms. The number of aliphatic hydroxyl groups is 1. The highest BCUT2D eigenvalue weighted by Gasteiger charge is 2.48. The Morgan fingerprint density at radius 1 is 1.17 bits per heavy atom. The predicted molar refractivity (Wildman–Crippen MR) is 135 cm³/mol. The van der Waals surface area contributed by atoms with Crippen molar-refractivity contribution in [3.05, 3.63) is 65.4 Å². The Morgan fingerprint density at radius 3 is 2.43 bits per heavy atom. The lowest BCUT2D eigenvalue weighted by molar-refractivity contribution is -0.129. The first-order valence-electron chi connectivity index (χ1n) is 10.8. The highest BCUT2D eigenvalue weighted by Crippen LogP contribution is 2.48. The van der Waals surface area contributed by atoms with Crippen LogP contribution in [0, 0.1) is 5.41 Å². The van der Waals surface area contributed by atoms with Crippen LogP contribution in [0.3, 0.4) is 0 Å². The fourth-order valence-electron chi connectivity index (χ4n) is 4.31. The second-order valence-corrected chi connectivity index (χ2v) is 13.2. The number of amidine groups is 1. The average Bonchev–Trinajstić information content (AvgIpc) is 2.97. The first kappa shape index (κ1) is 25.0. The number of nitrogens with one attached hydrogen (secondary N) is 2. The van der Waals surface area contributed by atoms with E-state index in [1.165, 1.54) is 23.1 Å². The van der Waals surface area contributed by atoms with Crippen molar-refractivity contribution >= 4 is 46.0 Å². The van der Waals surface area contributed by atoms with Crippen LogP contribution in [-0.2, 0) is 25.9 Å². The molecular formula is C23H27N4O6PS. The molecule has 2 unspecified atom stereocenters. The number of carbonyl (C=O) groups excluding carboxylic acids is 1. The average molecular weight is 519 g/mol. The van der Waals surface area contributed by atoms with Gasteiger partial charge in [0.15, 0.2) is 5.84 Å². The van der Waals surface area contributed by atoms with Gasteiger partial charge in [-0.3, -0.25) is 14.1 Å². The maximum atomic E-state index is 13.5. The molecule has 12 heteroatoms. The molecule has 0 radical (unpaired) electrons. The summed E-state index contributed by atoms with van der Waals surface area (Å²) in [7, 11) is -8.00. The second-order valence-electron chi connectivity index (χ2n) is 9.67. The summed E-state index contributed by atoms with van der Waals surface area (Å²) in [4.78, 5) is 25.8. The Hall–Kier alpha value is -3.14. The maximum absolute atomic E-state index is 13.5. The Kier molecular flexibility index (Phi) is 6.07. The molecule has 0 saturated carbocycles. The van der Waals surface area contributed by atoms with E-state index in [0.717, 1.165) is 11.8 Å². The number of fused-ring (bicyclic) bond motifs is 1. The van der Waals surface area contributed by atoms with Crippen LogP contribution in [-0.4, -0.2) is 47.4 Å². The van der Waals surface area contributed by atoms with Crippen molar-refractivity contribution in [1.82, 2.24) is 4.90 Å². The maximum Gasteiger partial charge on any atom is 0.346 e. The van der Waals surface area contributed by atoms with Gasteiger partial charge in [0.1, 0.15) is 11.3 Å². The van der Waals surface area contributed by atoms with E-state index in [1.807, 2.05) is 51.1 Å². The molecule has 2 atom stereocenters. The number of rotatable bonds is 5. The molecule has 2 aromatic carbocycles. The summed E-state index contributed by atoms with van der Waals surface area (Å²) in [5.74, 6) is -0.959. The third-order valence-corrected chi connectivity index (χ3v) is 7.73. The van der Waals surface area contributed by atoms with E-state index in [9.17, 15) is 27.8 Å². The molecule has 35 heavy (non-hydrogen) atoms. The Bertz CT molecular complexity index is 1410. The van der Waals surface area contributed by atoms with E-state index < -0.39 is 34.9 Å². The van der Waals surface area contributed by atoms with E-state index in [4.69, 9.17) is 0 Å². The molecule has 2 aliphatic rings. The summed E-state index contributed by atoms with van der Waals surface area (Å²) < 4.78 is 42.4. The van der Waals surface area contributed by atoms with Gasteiger partial charge in [-0.05, 0) is 29.2 Å². The van der Waals surface area contributed by atoms with Gasteiger partial charge in [0.2, 0.25) is 10.0 Å². The molecule has 0 fully saturated rings. The van der Waals surface area contributed by atoms with Crippen molar-refractivity contribution in [2.45, 2.75) is 33.4 Å². The lowest BCUT2D eigenvalue weighted by atomic mass is 9.85. The van der Waals surface area contributed by atoms with Gasteiger partial charge in [0.05, 0.1) is 23.3 Å². The summed E-state index contributed by atoms with van der Waals surface area (Å²) in [6.45, 7) is 5.90. The van der Waals surface area contributed by atoms with E-state index >= 15 is 0 Å². The minimum absolute atomic E-state index is 0.0989. The molecule has 10 nitrogen and oxygen atoms in total. The van der Waals surface area contributed by atoms with Gasteiger partial charge in [-0.2, -0.15) is 4.76 Å². The van der Waals surface area contributed by atoms with Gasteiger partial charge < -0.3 is 20.2 Å². The van der Waals surface area contributed by atoms with Crippen molar-refractivity contribution in [3.63, 3.8) is 0 Å². The summed E-state index contributed by atoms with van der Waals surface area (Å²) >= 11 is 0. The fraction of sp³-hybridized carbons (Fsp3) is 0.304. The largest absolute Gasteiger partial charge is 0.509 e. The summed E-state index contributed by atoms with van der Waals surface area (Å²) in [6, 6.07) is 12.7. The smallest absolute Gasteiger partial charge is 0.346 e. The van der Waals surface area contributed by atoms with Gasteiger partial charge in [0, 0.05) is 12.2 Å². The minimum atomic E-state index is -4.40. The van der Waals surface area contributed by atoms with E-state index in [0.29, 0.717) is 0 Å². The monoisotopic (exact) mass is 518 g/mol. The summed E-state index contributed by atoms with van der Waals surface area (Å²) in [6.07, 6.45) is 0.966. The number of hydrogen-bond acceptors (Lipinski definition) is 6. The quantitative estimate of drug-likeness (QED) is 0.445. The molecule has 2 aliphatic heterocycles. The normalized spacial score (nSPS) is 22.5. The number of aliphatic hydroxyl groups excluding tert-OH is 1. The third kappa shape index (κ3) is 4.98. The van der Waals surface area contributed by atoms with Crippen molar-refractivity contribution in [2.24, 2.45) is 10.2 Å². The standard InChI is InChI=1S/C23H27N4O6PS/c1-23(2,3)20-19(28)18(22(29)27(20)13-14-8-6-5-7-9-14)21-24-16-11-10-15(26-35(4,32)33)12-17(16)34(30,31)25-21/h5-12,20,26,28H,13H2,1-4H3,(H2,24,25,30,31). The molecule has 4 N–H and O–H groups in total. The van der Waals surface area contributed by atoms with Crippen LogP contribution in [0.5, 0.6) is 0 Å². The number of carbonyl (C=O) groups is 1. The number of benzene rings is 2. The van der Waals surface area contributed by atoms with Crippen LogP contribution in [0.1, 0.15) is 26.3 Å². The first-order valence-corrected chi connectivity index (χ1v) is 14.3. The zero-order valence-corrected chi connectivity index (χ0v) is 21.4. The second kappa shape index (κ2) is 8.51. The van der Waals surface area contributed by atoms with Gasteiger partial charge in [-0.25, -0.2) is 8.42 Å². The topological polar surface area (TPSA) is 148 Å². The molecule has 2 heterocycles. The highest BCUT2D eigenvalue weighted by molar-refractivity contribution is 7.92. The third-order valence-electron chi connectivity index (χ3n) is 5.66. The van der Waals surface area contributed by atoms with E-state index in [-0.39, 0.29) is 40.4 Å². The van der Waals surface area contributed by atoms with Crippen LogP contribution in [0.25, 0.3) is 0 Å². The van der Waals surface area contributed by atoms with Crippen LogP contribution in [0.4, 0.5) is 11.4 Å². The lowest BCUT2D eigenvalue weighted by Gasteiger charge is -2.35. The zero-order valence-electron chi connectivity index (χ0n) is 19.7. The minimum Gasteiger partial charge on any atom is -0.509 e. The molecule has 2 aromatic rings. The number of anilines is 2. The molecule has 186 valence electrons. The van der Waals surface area contributed by atoms with E-state index in [2.05, 4.69) is 14.8 Å². The molecule has 0 aromatic heterocycles. The highest BCUT2D eigenvalue weighted by atomic mass is 32.2. The van der Waals surface area contributed by atoms with E-state index in [1.54, 1.807) is 0 Å². The van der Waals surface area contributed by atoms with Crippen molar-refractivity contribution in [3.8, 4) is 0 Å². The summed E-state index contributed by atoms with van der Waals surface area (Å²) in [5.41, 5.74) is 0.438. The molecular weight excluding hydrogens is 491 g/mol. The SMILES string of the molecule is CC(C)(C)C1C(O)=C(C2=NP(=O)(O)c3cc(NS(C)(=O)=O)ccc3N2)C(=O)N1Cc1ccccc1. The predicted octanol–water partition coefficient (Wildman–Crippen LogP) is 2.96. The van der Waals surface area contributed by atoms with Gasteiger partial charge in [-0.15, -0.1) is 0 Å². The molecule has 0 aliphatic carbocycles. The van der Waals surface area contributed by atoms with Gasteiger partial charge >= 0.3 is 7.52 Å². The van der Waals surface area contributed by atoms with Crippen LogP contribution < -0.4 is 15.3 Å².